The van der Waals surface area contributed by atoms with E-state index < -0.39 is 7.29 Å². The minimum Gasteiger partial charge on any atom is -0.288 e. The molecule has 0 atom stereocenters. The van der Waals surface area contributed by atoms with Crippen LogP contribution in [0.2, 0.25) is 0 Å². The summed E-state index contributed by atoms with van der Waals surface area (Å²) in [7, 11) is -2.90. The van der Waals surface area contributed by atoms with Crippen molar-refractivity contribution in [3.63, 3.8) is 0 Å². The maximum Gasteiger partial charge on any atom is 0.248 e. The molecule has 0 heterocycles. The number of rotatable bonds is 3. The van der Waals surface area contributed by atoms with Gasteiger partial charge in [-0.3, -0.25) is 4.57 Å². The number of halogens is 1. The summed E-state index contributed by atoms with van der Waals surface area (Å²) in [5, 5.41) is 1.54. The Hall–Kier alpha value is -0.930. The first kappa shape index (κ1) is 13.5. The van der Waals surface area contributed by atoms with E-state index in [4.69, 9.17) is 0 Å². The molecular formula is C14H13INOP. The Morgan fingerprint density at radius 2 is 1.33 bits per heavy atom. The molecule has 0 unspecified atom stereocenters. The molecule has 92 valence electrons. The quantitative estimate of drug-likeness (QED) is 0.460. The zero-order chi connectivity index (χ0) is 13.0. The number of nitrogens with zero attached hydrogens (tertiary/aromatic N) is 1. The van der Waals surface area contributed by atoms with Crippen LogP contribution in [0.1, 0.15) is 6.92 Å². The van der Waals surface area contributed by atoms with Gasteiger partial charge in [-0.1, -0.05) is 36.4 Å². The molecule has 0 radical (unpaired) electrons. The second kappa shape index (κ2) is 5.81. The van der Waals surface area contributed by atoms with Gasteiger partial charge in [0.15, 0.2) is 0 Å². The van der Waals surface area contributed by atoms with Crippen molar-refractivity contribution in [1.82, 2.24) is 0 Å². The first-order valence-corrected chi connectivity index (χ1v) is 8.30. The predicted molar refractivity (Wildman–Crippen MR) is 86.9 cm³/mol. The van der Waals surface area contributed by atoms with Gasteiger partial charge >= 0.3 is 0 Å². The molecule has 0 aliphatic heterocycles. The second-order valence-electron chi connectivity index (χ2n) is 3.84. The van der Waals surface area contributed by atoms with Crippen molar-refractivity contribution in [1.29, 1.82) is 0 Å². The third kappa shape index (κ3) is 2.90. The summed E-state index contributed by atoms with van der Waals surface area (Å²) in [5.74, 6) is 0. The summed E-state index contributed by atoms with van der Waals surface area (Å²) >= 11 is 2.10. The van der Waals surface area contributed by atoms with E-state index in [0.717, 1.165) is 14.3 Å². The fraction of sp³-hybridized carbons (Fsp3) is 0.0714. The second-order valence-corrected chi connectivity index (χ2v) is 7.79. The van der Waals surface area contributed by atoms with Gasteiger partial charge in [-0.15, -0.1) is 0 Å². The highest BCUT2D eigenvalue weighted by atomic mass is 127. The van der Waals surface area contributed by atoms with Crippen molar-refractivity contribution in [2.24, 2.45) is 4.76 Å². The van der Waals surface area contributed by atoms with Crippen molar-refractivity contribution in [3.8, 4) is 0 Å². The molecule has 0 saturated carbocycles. The van der Waals surface area contributed by atoms with E-state index in [-0.39, 0.29) is 0 Å². The van der Waals surface area contributed by atoms with Crippen molar-refractivity contribution < 1.29 is 4.57 Å². The Morgan fingerprint density at radius 3 is 1.67 bits per heavy atom. The summed E-state index contributed by atoms with van der Waals surface area (Å²) < 4.78 is 18.4. The first-order chi connectivity index (χ1) is 8.63. The number of benzene rings is 2. The molecule has 0 aliphatic rings. The van der Waals surface area contributed by atoms with E-state index in [1.807, 2.05) is 67.6 Å². The lowest BCUT2D eigenvalue weighted by atomic mass is 10.4. The molecule has 0 amide bonds. The lowest BCUT2D eigenvalue weighted by molar-refractivity contribution is 0.588. The van der Waals surface area contributed by atoms with E-state index >= 15 is 0 Å². The fourth-order valence-corrected chi connectivity index (χ4v) is 4.70. The molecule has 0 bridgehead atoms. The van der Waals surface area contributed by atoms with E-state index in [1.54, 1.807) is 0 Å². The van der Waals surface area contributed by atoms with Gasteiger partial charge in [0.2, 0.25) is 7.29 Å². The molecule has 2 nitrogen and oxygen atoms in total. The fourth-order valence-electron chi connectivity index (χ4n) is 1.72. The lowest BCUT2D eigenvalue weighted by Gasteiger charge is -2.14. The van der Waals surface area contributed by atoms with Crippen LogP contribution in [0.15, 0.2) is 65.4 Å². The minimum absolute atomic E-state index is 0.771. The normalized spacial score (nSPS) is 12.4. The summed E-state index contributed by atoms with van der Waals surface area (Å²) in [4.78, 5) is 0. The Labute approximate surface area is 121 Å². The van der Waals surface area contributed by atoms with Crippen molar-refractivity contribution in [2.75, 3.05) is 0 Å². The molecular weight excluding hydrogens is 356 g/mol. The van der Waals surface area contributed by atoms with Crippen LogP contribution in [0, 0.1) is 0 Å². The van der Waals surface area contributed by atoms with Crippen LogP contribution in [0.25, 0.3) is 0 Å². The minimum atomic E-state index is -2.90. The van der Waals surface area contributed by atoms with Gasteiger partial charge in [0.05, 0.1) is 3.72 Å². The Bertz CT molecular complexity index is 548. The van der Waals surface area contributed by atoms with Crippen LogP contribution >= 0.6 is 29.9 Å². The number of hydrogen-bond acceptors (Lipinski definition) is 1. The van der Waals surface area contributed by atoms with Gasteiger partial charge in [-0.05, 0) is 53.8 Å². The number of hydrogen-bond donors (Lipinski definition) is 0. The first-order valence-electron chi connectivity index (χ1n) is 5.56. The third-order valence-corrected chi connectivity index (χ3v) is 5.69. The lowest BCUT2D eigenvalue weighted by Crippen LogP contribution is -2.14. The molecule has 2 aromatic carbocycles. The van der Waals surface area contributed by atoms with Crippen LogP contribution in [-0.4, -0.2) is 3.72 Å². The molecule has 2 rings (SSSR count). The zero-order valence-corrected chi connectivity index (χ0v) is 13.0. The smallest absolute Gasteiger partial charge is 0.248 e. The summed E-state index contributed by atoms with van der Waals surface area (Å²) in [5.41, 5.74) is 0. The molecule has 0 aliphatic carbocycles. The molecule has 18 heavy (non-hydrogen) atoms. The molecule has 0 N–H and O–H groups in total. The van der Waals surface area contributed by atoms with Crippen LogP contribution in [-0.2, 0) is 4.57 Å². The van der Waals surface area contributed by atoms with Crippen LogP contribution in [0.5, 0.6) is 0 Å². The molecule has 0 saturated heterocycles. The Balaban J connectivity index is 2.63. The highest BCUT2D eigenvalue weighted by molar-refractivity contribution is 14.1. The standard InChI is InChI=1S/C14H13INOP/c1-12(15)16-18(17,13-8-4-2-5-9-13)14-10-6-3-7-11-14/h2-11H,1H3. The van der Waals surface area contributed by atoms with Crippen LogP contribution < -0.4 is 10.6 Å². The van der Waals surface area contributed by atoms with E-state index in [0.29, 0.717) is 0 Å². The SMILES string of the molecule is CC(I)=NP(=O)(c1ccccc1)c1ccccc1. The Kier molecular flexibility index (Phi) is 4.36. The summed E-state index contributed by atoms with van der Waals surface area (Å²) in [6, 6.07) is 18.9. The van der Waals surface area contributed by atoms with Crippen molar-refractivity contribution >= 4 is 44.2 Å². The van der Waals surface area contributed by atoms with Gasteiger partial charge < -0.3 is 0 Å². The Morgan fingerprint density at radius 1 is 0.944 bits per heavy atom. The molecule has 0 fully saturated rings. The van der Waals surface area contributed by atoms with Crippen LogP contribution in [0.3, 0.4) is 0 Å². The van der Waals surface area contributed by atoms with Gasteiger partial charge in [0, 0.05) is 10.6 Å². The largest absolute Gasteiger partial charge is 0.288 e. The van der Waals surface area contributed by atoms with E-state index in [2.05, 4.69) is 27.4 Å². The van der Waals surface area contributed by atoms with Crippen molar-refractivity contribution in [2.45, 2.75) is 6.92 Å². The highest BCUT2D eigenvalue weighted by Gasteiger charge is 2.26. The monoisotopic (exact) mass is 369 g/mol. The van der Waals surface area contributed by atoms with Crippen molar-refractivity contribution in [3.05, 3.63) is 60.7 Å². The van der Waals surface area contributed by atoms with Gasteiger partial charge in [0.1, 0.15) is 0 Å². The maximum absolute atomic E-state index is 13.2. The zero-order valence-electron chi connectivity index (χ0n) is 9.95. The molecule has 0 spiro atoms. The maximum atomic E-state index is 13.2. The van der Waals surface area contributed by atoms with Gasteiger partial charge in [-0.2, -0.15) is 0 Å². The van der Waals surface area contributed by atoms with E-state index in [1.165, 1.54) is 0 Å². The molecule has 0 aromatic heterocycles. The van der Waals surface area contributed by atoms with Gasteiger partial charge in [0.25, 0.3) is 0 Å². The van der Waals surface area contributed by atoms with E-state index in [9.17, 15) is 4.57 Å². The molecule has 4 heteroatoms. The third-order valence-electron chi connectivity index (χ3n) is 2.49. The average Bonchev–Trinajstić information content (AvgIpc) is 2.40. The average molecular weight is 369 g/mol. The molecule has 2 aromatic rings. The predicted octanol–water partition coefficient (Wildman–Crippen LogP) is 3.77. The highest BCUT2D eigenvalue weighted by Crippen LogP contribution is 2.45. The topological polar surface area (TPSA) is 29.4 Å². The summed E-state index contributed by atoms with van der Waals surface area (Å²) in [6.07, 6.45) is 0. The van der Waals surface area contributed by atoms with Gasteiger partial charge in [-0.25, -0.2) is 4.76 Å². The van der Waals surface area contributed by atoms with Crippen LogP contribution in [0.4, 0.5) is 0 Å². The summed E-state index contributed by atoms with van der Waals surface area (Å²) in [6.45, 7) is 1.86.